The van der Waals surface area contributed by atoms with Crippen molar-refractivity contribution in [3.63, 3.8) is 0 Å². The Morgan fingerprint density at radius 1 is 0.521 bits per heavy atom. The van der Waals surface area contributed by atoms with Gasteiger partial charge in [0.25, 0.3) is 35.4 Å². The van der Waals surface area contributed by atoms with Crippen LogP contribution in [-0.4, -0.2) is 130 Å². The number of nitrogens with one attached hydrogen (secondary N) is 8. The summed E-state index contributed by atoms with van der Waals surface area (Å²) in [5.41, 5.74) is 3.21. The summed E-state index contributed by atoms with van der Waals surface area (Å²) in [4.78, 5) is 100. The predicted octanol–water partition coefficient (Wildman–Crippen LogP) is 1.38. The van der Waals surface area contributed by atoms with Crippen LogP contribution in [0.3, 0.4) is 0 Å². The monoisotopic (exact) mass is 977 g/mol. The Balaban J connectivity index is 0.920. The second-order valence-corrected chi connectivity index (χ2v) is 17.2. The van der Waals surface area contributed by atoms with Gasteiger partial charge in [0.05, 0.1) is 34.9 Å². The van der Waals surface area contributed by atoms with Crippen LogP contribution < -0.4 is 42.2 Å². The first-order valence-corrected chi connectivity index (χ1v) is 22.6. The summed E-state index contributed by atoms with van der Waals surface area (Å²) in [6.07, 6.45) is 12.6. The molecule has 0 radical (unpaired) electrons. The van der Waals surface area contributed by atoms with Crippen LogP contribution in [0.1, 0.15) is 88.7 Å². The van der Waals surface area contributed by atoms with Crippen molar-refractivity contribution in [3.8, 4) is 0 Å². The highest BCUT2D eigenvalue weighted by atomic mass is 16.3. The van der Waals surface area contributed by atoms with Gasteiger partial charge in [-0.2, -0.15) is 0 Å². The van der Waals surface area contributed by atoms with E-state index in [0.29, 0.717) is 47.1 Å². The molecule has 0 unspecified atom stereocenters. The first-order chi connectivity index (χ1) is 33.8. The molecule has 6 rings (SSSR count). The Bertz CT molecular complexity index is 2980. The minimum Gasteiger partial charge on any atom is -0.464 e. The van der Waals surface area contributed by atoms with Gasteiger partial charge in [0.2, 0.25) is 5.91 Å². The van der Waals surface area contributed by atoms with Gasteiger partial charge >= 0.3 is 5.90 Å². The molecule has 7 amide bonds. The van der Waals surface area contributed by atoms with Gasteiger partial charge in [0, 0.05) is 118 Å². The number of rotatable bonds is 22. The first-order valence-electron chi connectivity index (χ1n) is 22.6. The number of nitrogens with zero attached hydrogens (tertiary/aromatic N) is 8. The molecule has 0 aliphatic heterocycles. The smallest absolute Gasteiger partial charge is 0.333 e. The molecule has 6 heterocycles. The second-order valence-electron chi connectivity index (χ2n) is 17.2. The Labute approximate surface area is 409 Å². The van der Waals surface area contributed by atoms with Crippen LogP contribution in [0.4, 0.5) is 28.4 Å². The van der Waals surface area contributed by atoms with Crippen LogP contribution in [0.2, 0.25) is 0 Å². The number of anilines is 5. The van der Waals surface area contributed by atoms with Crippen molar-refractivity contribution in [1.29, 1.82) is 0 Å². The van der Waals surface area contributed by atoms with E-state index in [1.165, 1.54) is 36.5 Å². The van der Waals surface area contributed by atoms with Crippen LogP contribution in [0, 0.1) is 0 Å². The van der Waals surface area contributed by atoms with Crippen molar-refractivity contribution in [3.05, 3.63) is 108 Å². The fourth-order valence-electron chi connectivity index (χ4n) is 7.52. The second kappa shape index (κ2) is 23.1. The normalized spacial score (nSPS) is 11.4. The number of aromatic nitrogens is 7. The molecule has 24 nitrogen and oxygen atoms in total. The summed E-state index contributed by atoms with van der Waals surface area (Å²) in [6.45, 7) is 1.89. The van der Waals surface area contributed by atoms with Gasteiger partial charge < -0.3 is 74.6 Å². The zero-order valence-electron chi connectivity index (χ0n) is 41.0. The highest BCUT2D eigenvalue weighted by Crippen LogP contribution is 2.21. The van der Waals surface area contributed by atoms with Crippen molar-refractivity contribution in [2.45, 2.75) is 25.7 Å². The van der Waals surface area contributed by atoms with Crippen molar-refractivity contribution in [2.24, 2.45) is 42.3 Å². The summed E-state index contributed by atoms with van der Waals surface area (Å²) < 4.78 is 9.38. The van der Waals surface area contributed by atoms with Crippen molar-refractivity contribution >= 4 is 75.7 Å². The zero-order valence-corrected chi connectivity index (χ0v) is 41.0. The Morgan fingerprint density at radius 3 is 1.32 bits per heavy atom. The maximum absolute atomic E-state index is 13.3. The van der Waals surface area contributed by atoms with E-state index >= 15 is 0 Å². The van der Waals surface area contributed by atoms with Crippen LogP contribution in [-0.2, 0) is 47.1 Å². The molecular weight excluding hydrogens is 917 g/mol. The lowest BCUT2D eigenvalue weighted by molar-refractivity contribution is -0.468. The molecule has 0 aromatic carbocycles. The van der Waals surface area contributed by atoms with E-state index < -0.39 is 29.5 Å². The van der Waals surface area contributed by atoms with Crippen LogP contribution in [0.5, 0.6) is 0 Å². The van der Waals surface area contributed by atoms with E-state index in [0.717, 1.165) is 13.0 Å². The largest absolute Gasteiger partial charge is 0.464 e. The number of imidazole rings is 1. The maximum atomic E-state index is 13.3. The van der Waals surface area contributed by atoms with Gasteiger partial charge in [-0.15, -0.1) is 0 Å². The molecule has 71 heavy (non-hydrogen) atoms. The van der Waals surface area contributed by atoms with E-state index in [1.54, 1.807) is 107 Å². The molecule has 0 bridgehead atoms. The first kappa shape index (κ1) is 51.7. The number of aryl methyl sites for hydroxylation is 6. The lowest BCUT2D eigenvalue weighted by Crippen LogP contribution is -2.73. The number of aliphatic hydroxyl groups is 1. The average molecular weight is 978 g/mol. The molecule has 6 aromatic rings. The molecule has 0 atom stereocenters. The summed E-state index contributed by atoms with van der Waals surface area (Å²) in [5.74, 6) is -2.66. The van der Waals surface area contributed by atoms with E-state index in [4.69, 9.17) is 0 Å². The van der Waals surface area contributed by atoms with Crippen LogP contribution in [0.15, 0.2) is 73.7 Å². The molecule has 0 saturated carbocycles. The highest BCUT2D eigenvalue weighted by molar-refractivity contribution is 6.09. The molecule has 0 fully saturated rings. The minimum absolute atomic E-state index is 0.0678. The summed E-state index contributed by atoms with van der Waals surface area (Å²) >= 11 is 0. The third-order valence-corrected chi connectivity index (χ3v) is 11.2. The molecule has 0 spiro atoms. The summed E-state index contributed by atoms with van der Waals surface area (Å²) in [7, 11) is 14.0. The van der Waals surface area contributed by atoms with Crippen LogP contribution in [0.25, 0.3) is 0 Å². The van der Waals surface area contributed by atoms with Gasteiger partial charge in [-0.25, -0.2) is 9.98 Å². The van der Waals surface area contributed by atoms with E-state index in [1.807, 2.05) is 14.1 Å². The third-order valence-electron chi connectivity index (χ3n) is 11.2. The summed E-state index contributed by atoms with van der Waals surface area (Å²) in [6, 6.07) is 7.63. The fourth-order valence-corrected chi connectivity index (χ4v) is 7.52. The van der Waals surface area contributed by atoms with Crippen LogP contribution >= 0.6 is 0 Å². The van der Waals surface area contributed by atoms with Gasteiger partial charge in [-0.1, -0.05) is 0 Å². The molecule has 0 saturated heterocycles. The number of carbonyl (C=O) groups excluding carboxylic acids is 7. The third kappa shape index (κ3) is 13.7. The number of aliphatic hydroxyl groups excluding tert-OH is 1. The van der Waals surface area contributed by atoms with E-state index in [-0.39, 0.29) is 72.2 Å². The molecule has 0 aliphatic carbocycles. The number of hydrogen-bond acceptors (Lipinski definition) is 9. The van der Waals surface area contributed by atoms with Gasteiger partial charge in [-0.05, 0) is 50.8 Å². The molecular formula is C47H61N16O8+. The molecule has 9 N–H and O–H groups in total. The number of carbonyl (C=O) groups is 7. The number of amides is 7. The van der Waals surface area contributed by atoms with Crippen molar-refractivity contribution < 1.29 is 43.7 Å². The minimum atomic E-state index is -0.488. The average Bonchev–Trinajstić information content (AvgIpc) is 4.17. The summed E-state index contributed by atoms with van der Waals surface area (Å²) in [5, 5.41) is 29.5. The maximum Gasteiger partial charge on any atom is 0.333 e. The Hall–Kier alpha value is -8.67. The predicted molar refractivity (Wildman–Crippen MR) is 266 cm³/mol. The van der Waals surface area contributed by atoms with Crippen molar-refractivity contribution in [2.75, 3.05) is 66.9 Å². The fraction of sp³-hybridized carbons (Fsp3) is 0.340. The Kier molecular flexibility index (Phi) is 16.8. The molecule has 24 heteroatoms. The topological polar surface area (TPSA) is 284 Å². The van der Waals surface area contributed by atoms with E-state index in [2.05, 4.69) is 52.1 Å². The number of hydrogen-bond donors (Lipinski definition) is 9. The lowest BCUT2D eigenvalue weighted by atomic mass is 10.2. The van der Waals surface area contributed by atoms with E-state index in [9.17, 15) is 38.7 Å². The van der Waals surface area contributed by atoms with Gasteiger partial charge in [-0.3, -0.25) is 33.6 Å². The zero-order chi connectivity index (χ0) is 51.5. The Morgan fingerprint density at radius 2 is 0.915 bits per heavy atom. The standard InChI is InChI=1S/C47H60N16O8/c1-57(2)17-10-14-48-39(64)12-15-51-43(67)35-21-31(26-60(35)5)54-45(69)37-22-32(27-62(37)7)55-44(68)36-19-29(24-61(36)6)52-40(65)11-9-13-50-42(66)34-20-30(25-59(34)4)53-46(70)38-23-33(28-63(38)8)56-47(71)41-49-16-18-58(41)3/h16,18-28H,9-15,17H2,1-8H3,(H,48,64)(H,50,66)(H,51,67)(H,52,65)(H,53,70)(H,54,69)(H,55,68)(H,56,71)/p+1. The SMILES string of the molecule is CN(C)CCC[NH+]=C(O)CCNC(=O)c1cc(NC(=O)c2cc(NC(=O)c3cc(NC(=O)CCCNC(=O)c4cc(NC(=O)c5cc(NC(=O)c6nccn6C)cn5C)cn4C)cn3C)cn2C)cn1C. The highest BCUT2D eigenvalue weighted by Gasteiger charge is 2.21. The molecule has 376 valence electrons. The van der Waals surface area contributed by atoms with Crippen molar-refractivity contribution in [1.82, 2.24) is 47.9 Å². The molecule has 0 aliphatic rings. The van der Waals surface area contributed by atoms with Gasteiger partial charge in [0.15, 0.2) is 5.82 Å². The lowest BCUT2D eigenvalue weighted by Gasteiger charge is -2.06. The quantitative estimate of drug-likeness (QED) is 0.0268. The molecule has 6 aromatic heterocycles. The van der Waals surface area contributed by atoms with Gasteiger partial charge in [0.1, 0.15) is 35.0 Å².